The highest BCUT2D eigenvalue weighted by molar-refractivity contribution is 5.02. The average Bonchev–Trinajstić information content (AvgIpc) is 2.92. The molecule has 9 heteroatoms. The van der Waals surface area contributed by atoms with Crippen molar-refractivity contribution in [2.45, 2.75) is 31.8 Å². The Hall–Kier alpha value is -1.58. The van der Waals surface area contributed by atoms with Gasteiger partial charge in [-0.1, -0.05) is 0 Å². The lowest BCUT2D eigenvalue weighted by Gasteiger charge is -2.18. The zero-order chi connectivity index (χ0) is 16.8. The first kappa shape index (κ1) is 17.8. The van der Waals surface area contributed by atoms with Crippen LogP contribution in [0.15, 0.2) is 15.8 Å². The van der Waals surface area contributed by atoms with Crippen LogP contribution in [0.3, 0.4) is 0 Å². The molecular formula is C14H20F2N2O5. The standard InChI is InChI=1S/C14H20F2N2O5/c1-9-7-18(14(20)17-13(9)19)12-6-10(22-5-3-16)11(23-12)8-21-4-2-15/h7,10-12H,2-6,8H2,1H3,(H,17,19,20)/t10-,11+,12+/m0/s1/i15-1,16-1. The van der Waals surface area contributed by atoms with Gasteiger partial charge in [0.2, 0.25) is 0 Å². The number of aromatic amines is 1. The fourth-order valence-electron chi connectivity index (χ4n) is 2.45. The molecule has 1 N–H and O–H groups in total. The third-order valence-corrected chi connectivity index (χ3v) is 3.55. The summed E-state index contributed by atoms with van der Waals surface area (Å²) in [5.74, 6) is 0. The summed E-state index contributed by atoms with van der Waals surface area (Å²) in [5.41, 5.74) is -0.691. The maximum atomic E-state index is 12.3. The fourth-order valence-corrected chi connectivity index (χ4v) is 2.45. The molecule has 0 spiro atoms. The van der Waals surface area contributed by atoms with Gasteiger partial charge in [-0.05, 0) is 6.92 Å². The number of hydrogen-bond donors (Lipinski definition) is 1. The van der Waals surface area contributed by atoms with Crippen LogP contribution >= 0.6 is 0 Å². The number of H-pyrrole nitrogens is 1. The highest BCUT2D eigenvalue weighted by Crippen LogP contribution is 2.30. The SMILES string of the molecule is Cc1cn([C@H]2C[C@H](OCC[18F])[C@@H](COCC[18F])O2)c(=O)[nH]c1=O. The molecule has 130 valence electrons. The number of ether oxygens (including phenoxy) is 3. The Morgan fingerprint density at radius 1 is 1.35 bits per heavy atom. The molecule has 1 aliphatic heterocycles. The second-order valence-electron chi connectivity index (χ2n) is 5.21. The fraction of sp³-hybridized carbons (Fsp3) is 0.714. The van der Waals surface area contributed by atoms with Crippen molar-refractivity contribution in [2.75, 3.05) is 33.2 Å². The summed E-state index contributed by atoms with van der Waals surface area (Å²) in [7, 11) is 0. The molecule has 3 atom stereocenters. The lowest BCUT2D eigenvalue weighted by molar-refractivity contribution is -0.0793. The molecule has 1 fully saturated rings. The van der Waals surface area contributed by atoms with Gasteiger partial charge in [-0.15, -0.1) is 0 Å². The summed E-state index contributed by atoms with van der Waals surface area (Å²) >= 11 is 0. The molecule has 2 heterocycles. The van der Waals surface area contributed by atoms with Crippen LogP contribution in [0.1, 0.15) is 18.2 Å². The van der Waals surface area contributed by atoms with E-state index in [2.05, 4.69) is 4.98 Å². The van der Waals surface area contributed by atoms with E-state index in [-0.39, 0.29) is 19.8 Å². The number of aryl methyl sites for hydroxylation is 1. The van der Waals surface area contributed by atoms with Gasteiger partial charge in [0.05, 0.1) is 25.9 Å². The van der Waals surface area contributed by atoms with E-state index in [1.54, 1.807) is 6.92 Å². The second kappa shape index (κ2) is 8.32. The largest absolute Gasteiger partial charge is 0.376 e. The van der Waals surface area contributed by atoms with Crippen molar-refractivity contribution in [3.63, 3.8) is 0 Å². The first-order valence-electron chi connectivity index (χ1n) is 7.35. The van der Waals surface area contributed by atoms with Gasteiger partial charge in [-0.25, -0.2) is 13.6 Å². The van der Waals surface area contributed by atoms with Crippen molar-refractivity contribution in [2.24, 2.45) is 0 Å². The average molecular weight is 332 g/mol. The first-order valence-corrected chi connectivity index (χ1v) is 7.35. The van der Waals surface area contributed by atoms with E-state index in [4.69, 9.17) is 14.2 Å². The smallest absolute Gasteiger partial charge is 0.330 e. The molecule has 0 radical (unpaired) electrons. The Labute approximate surface area is 131 Å². The number of aromatic nitrogens is 2. The zero-order valence-corrected chi connectivity index (χ0v) is 12.8. The van der Waals surface area contributed by atoms with E-state index in [1.165, 1.54) is 10.8 Å². The monoisotopic (exact) mass is 332 g/mol. The topological polar surface area (TPSA) is 82.6 Å². The van der Waals surface area contributed by atoms with E-state index in [0.717, 1.165) is 0 Å². The van der Waals surface area contributed by atoms with Gasteiger partial charge in [0, 0.05) is 18.2 Å². The van der Waals surface area contributed by atoms with E-state index >= 15 is 0 Å². The van der Waals surface area contributed by atoms with E-state index in [1.807, 2.05) is 0 Å². The third kappa shape index (κ3) is 4.46. The van der Waals surface area contributed by atoms with Crippen LogP contribution in [0.2, 0.25) is 0 Å². The molecule has 7 nitrogen and oxygen atoms in total. The molecule has 0 amide bonds. The van der Waals surface area contributed by atoms with Crippen LogP contribution in [-0.4, -0.2) is 54.9 Å². The van der Waals surface area contributed by atoms with Gasteiger partial charge >= 0.3 is 5.69 Å². The summed E-state index contributed by atoms with van der Waals surface area (Å²) in [4.78, 5) is 25.5. The summed E-state index contributed by atoms with van der Waals surface area (Å²) in [6, 6.07) is 0. The maximum absolute atomic E-state index is 12.3. The number of halogens is 2. The number of hydrogen-bond acceptors (Lipinski definition) is 5. The molecule has 1 aromatic rings. The summed E-state index contributed by atoms with van der Waals surface area (Å²) in [6.07, 6.45) is 0.0195. The predicted octanol–water partition coefficient (Wildman–Crippen LogP) is 0.473. The zero-order valence-electron chi connectivity index (χ0n) is 12.8. The third-order valence-electron chi connectivity index (χ3n) is 3.55. The highest BCUT2D eigenvalue weighted by Gasteiger charge is 2.37. The van der Waals surface area contributed by atoms with Crippen molar-refractivity contribution in [1.29, 1.82) is 0 Å². The Balaban J connectivity index is 2.13. The molecule has 0 aliphatic carbocycles. The van der Waals surface area contributed by atoms with Gasteiger partial charge in [0.25, 0.3) is 5.56 Å². The normalized spacial score (nSPS) is 24.2. The van der Waals surface area contributed by atoms with E-state index in [9.17, 15) is 18.4 Å². The Kier molecular flexibility index (Phi) is 6.43. The van der Waals surface area contributed by atoms with Crippen molar-refractivity contribution in [3.05, 3.63) is 32.6 Å². The molecule has 0 bridgehead atoms. The van der Waals surface area contributed by atoms with Gasteiger partial charge < -0.3 is 14.2 Å². The molecule has 1 aromatic heterocycles. The van der Waals surface area contributed by atoms with Crippen molar-refractivity contribution < 1.29 is 23.0 Å². The Bertz CT molecular complexity index is 618. The molecule has 1 saturated heterocycles. The number of rotatable bonds is 8. The van der Waals surface area contributed by atoms with Crippen LogP contribution in [0.25, 0.3) is 0 Å². The minimum atomic E-state index is -0.665. The van der Waals surface area contributed by atoms with Crippen LogP contribution in [-0.2, 0) is 14.2 Å². The van der Waals surface area contributed by atoms with Crippen LogP contribution in [0.4, 0.5) is 8.78 Å². The van der Waals surface area contributed by atoms with Crippen molar-refractivity contribution in [3.8, 4) is 0 Å². The molecule has 0 aromatic carbocycles. The molecule has 0 saturated carbocycles. The minimum absolute atomic E-state index is 0.0714. The van der Waals surface area contributed by atoms with Gasteiger partial charge in [-0.2, -0.15) is 0 Å². The van der Waals surface area contributed by atoms with E-state index < -0.39 is 43.0 Å². The first-order chi connectivity index (χ1) is 11.1. The highest BCUT2D eigenvalue weighted by atomic mass is 18.2. The van der Waals surface area contributed by atoms with Gasteiger partial charge in [0.1, 0.15) is 25.7 Å². The lowest BCUT2D eigenvalue weighted by atomic mass is 10.2. The summed E-state index contributed by atoms with van der Waals surface area (Å²) < 4.78 is 41.9. The minimum Gasteiger partial charge on any atom is -0.376 e. The van der Waals surface area contributed by atoms with Crippen LogP contribution < -0.4 is 11.2 Å². The number of alkyl halides is 2. The molecule has 2 rings (SSSR count). The van der Waals surface area contributed by atoms with E-state index in [0.29, 0.717) is 12.0 Å². The van der Waals surface area contributed by atoms with Gasteiger partial charge in [0.15, 0.2) is 0 Å². The second-order valence-corrected chi connectivity index (χ2v) is 5.21. The lowest BCUT2D eigenvalue weighted by Crippen LogP contribution is -2.33. The predicted molar refractivity (Wildman–Crippen MR) is 77.1 cm³/mol. The van der Waals surface area contributed by atoms with Gasteiger partial charge in [-0.3, -0.25) is 14.3 Å². The number of nitrogens with zero attached hydrogens (tertiary/aromatic N) is 1. The quantitative estimate of drug-likeness (QED) is 0.700. The number of nitrogens with one attached hydrogen (secondary N) is 1. The van der Waals surface area contributed by atoms with Crippen LogP contribution in [0, 0.1) is 6.92 Å². The Morgan fingerprint density at radius 2 is 2.09 bits per heavy atom. The Morgan fingerprint density at radius 3 is 2.78 bits per heavy atom. The molecule has 23 heavy (non-hydrogen) atoms. The molecular weight excluding hydrogens is 312 g/mol. The molecule has 0 unspecified atom stereocenters. The molecule has 1 aliphatic rings. The van der Waals surface area contributed by atoms with Crippen molar-refractivity contribution >= 4 is 0 Å². The maximum Gasteiger partial charge on any atom is 0.330 e. The van der Waals surface area contributed by atoms with Crippen LogP contribution in [0.5, 0.6) is 0 Å². The van der Waals surface area contributed by atoms with Crippen molar-refractivity contribution in [1.82, 2.24) is 9.55 Å². The summed E-state index contributed by atoms with van der Waals surface area (Å²) in [6.45, 7) is 0.219. The summed E-state index contributed by atoms with van der Waals surface area (Å²) in [5, 5.41) is 0.